The highest BCUT2D eigenvalue weighted by atomic mass is 79.9. The van der Waals surface area contributed by atoms with Crippen LogP contribution in [0.4, 0.5) is 5.69 Å². The zero-order valence-corrected chi connectivity index (χ0v) is 18.9. The number of halogens is 1. The second kappa shape index (κ2) is 8.81. The van der Waals surface area contributed by atoms with Gasteiger partial charge in [-0.05, 0) is 84.4 Å². The second-order valence-corrected chi connectivity index (χ2v) is 8.05. The van der Waals surface area contributed by atoms with E-state index >= 15 is 0 Å². The van der Waals surface area contributed by atoms with Crippen LogP contribution in [0, 0.1) is 0 Å². The molecule has 4 rings (SSSR count). The predicted molar refractivity (Wildman–Crippen MR) is 124 cm³/mol. The SMILES string of the molecule is COc1ccc(-c2nc3cc(NC(=O)c4cccc(OC(C)C)c4)ccc3o2)cc1Br. The van der Waals surface area contributed by atoms with Gasteiger partial charge in [0.25, 0.3) is 5.91 Å². The summed E-state index contributed by atoms with van der Waals surface area (Å²) < 4.78 is 17.6. The summed E-state index contributed by atoms with van der Waals surface area (Å²) in [6.45, 7) is 3.89. The van der Waals surface area contributed by atoms with Crippen molar-refractivity contribution in [1.82, 2.24) is 4.98 Å². The Balaban J connectivity index is 1.56. The molecule has 0 saturated heterocycles. The molecule has 3 aromatic carbocycles. The van der Waals surface area contributed by atoms with Gasteiger partial charge in [-0.3, -0.25) is 4.79 Å². The molecule has 0 spiro atoms. The zero-order valence-electron chi connectivity index (χ0n) is 17.3. The van der Waals surface area contributed by atoms with Gasteiger partial charge < -0.3 is 19.2 Å². The first kappa shape index (κ1) is 20.9. The van der Waals surface area contributed by atoms with Crippen molar-refractivity contribution in [3.05, 3.63) is 70.7 Å². The van der Waals surface area contributed by atoms with E-state index in [2.05, 4.69) is 26.2 Å². The molecule has 1 N–H and O–H groups in total. The fraction of sp³-hybridized carbons (Fsp3) is 0.167. The van der Waals surface area contributed by atoms with Crippen LogP contribution in [0.2, 0.25) is 0 Å². The van der Waals surface area contributed by atoms with E-state index in [9.17, 15) is 4.79 Å². The maximum atomic E-state index is 12.7. The van der Waals surface area contributed by atoms with Gasteiger partial charge in [-0.25, -0.2) is 4.98 Å². The van der Waals surface area contributed by atoms with Crippen molar-refractivity contribution in [3.8, 4) is 23.0 Å². The van der Waals surface area contributed by atoms with Crippen LogP contribution in [0.25, 0.3) is 22.6 Å². The van der Waals surface area contributed by atoms with Gasteiger partial charge >= 0.3 is 0 Å². The first-order valence-electron chi connectivity index (χ1n) is 9.75. The summed E-state index contributed by atoms with van der Waals surface area (Å²) in [5.41, 5.74) is 3.24. The minimum Gasteiger partial charge on any atom is -0.496 e. The Kier molecular flexibility index (Phi) is 5.95. The molecule has 4 aromatic rings. The molecular formula is C24H21BrN2O4. The first-order chi connectivity index (χ1) is 14.9. The highest BCUT2D eigenvalue weighted by molar-refractivity contribution is 9.10. The van der Waals surface area contributed by atoms with Crippen LogP contribution in [-0.2, 0) is 0 Å². The molecule has 0 aliphatic carbocycles. The van der Waals surface area contributed by atoms with Crippen LogP contribution >= 0.6 is 15.9 Å². The average molecular weight is 481 g/mol. The number of hydrogen-bond donors (Lipinski definition) is 1. The van der Waals surface area contributed by atoms with Crippen molar-refractivity contribution in [2.75, 3.05) is 12.4 Å². The van der Waals surface area contributed by atoms with Crippen LogP contribution in [0.3, 0.4) is 0 Å². The molecule has 0 saturated carbocycles. The molecule has 158 valence electrons. The van der Waals surface area contributed by atoms with Gasteiger partial charge in [0.15, 0.2) is 5.58 Å². The van der Waals surface area contributed by atoms with Crippen molar-refractivity contribution in [1.29, 1.82) is 0 Å². The number of carbonyl (C=O) groups excluding carboxylic acids is 1. The topological polar surface area (TPSA) is 73.6 Å². The molecular weight excluding hydrogens is 460 g/mol. The highest BCUT2D eigenvalue weighted by Gasteiger charge is 2.13. The van der Waals surface area contributed by atoms with E-state index in [0.717, 1.165) is 15.8 Å². The van der Waals surface area contributed by atoms with Crippen molar-refractivity contribution >= 4 is 38.6 Å². The van der Waals surface area contributed by atoms with Crippen molar-refractivity contribution in [2.45, 2.75) is 20.0 Å². The minimum absolute atomic E-state index is 0.0356. The van der Waals surface area contributed by atoms with Crippen molar-refractivity contribution < 1.29 is 18.7 Å². The number of rotatable bonds is 6. The fourth-order valence-corrected chi connectivity index (χ4v) is 3.65. The molecule has 1 heterocycles. The van der Waals surface area contributed by atoms with E-state index in [-0.39, 0.29) is 12.0 Å². The molecule has 1 aromatic heterocycles. The Morgan fingerprint density at radius 3 is 2.68 bits per heavy atom. The Labute approximate surface area is 188 Å². The molecule has 0 radical (unpaired) electrons. The number of amides is 1. The van der Waals surface area contributed by atoms with Crippen molar-refractivity contribution in [2.24, 2.45) is 0 Å². The fourth-order valence-electron chi connectivity index (χ4n) is 3.11. The lowest BCUT2D eigenvalue weighted by Gasteiger charge is -2.11. The maximum absolute atomic E-state index is 12.7. The molecule has 6 nitrogen and oxygen atoms in total. The lowest BCUT2D eigenvalue weighted by Crippen LogP contribution is -2.12. The van der Waals surface area contributed by atoms with Crippen LogP contribution in [0.5, 0.6) is 11.5 Å². The molecule has 1 amide bonds. The summed E-state index contributed by atoms with van der Waals surface area (Å²) in [6, 6.07) is 18.1. The van der Waals surface area contributed by atoms with Crippen molar-refractivity contribution in [3.63, 3.8) is 0 Å². The number of anilines is 1. The summed E-state index contributed by atoms with van der Waals surface area (Å²) in [5.74, 6) is 1.65. The second-order valence-electron chi connectivity index (χ2n) is 7.20. The van der Waals surface area contributed by atoms with Crippen LogP contribution in [0.1, 0.15) is 24.2 Å². The number of fused-ring (bicyclic) bond motifs is 1. The van der Waals surface area contributed by atoms with E-state index in [1.807, 2.05) is 38.1 Å². The lowest BCUT2D eigenvalue weighted by atomic mass is 10.2. The monoisotopic (exact) mass is 480 g/mol. The third-order valence-corrected chi connectivity index (χ3v) is 5.13. The van der Waals surface area contributed by atoms with Gasteiger partial charge in [-0.15, -0.1) is 0 Å². The molecule has 0 aliphatic heterocycles. The molecule has 0 atom stereocenters. The Hall–Kier alpha value is -3.32. The molecule has 31 heavy (non-hydrogen) atoms. The Bertz CT molecular complexity index is 1250. The number of nitrogens with zero attached hydrogens (tertiary/aromatic N) is 1. The Morgan fingerprint density at radius 1 is 1.10 bits per heavy atom. The summed E-state index contributed by atoms with van der Waals surface area (Å²) in [6.07, 6.45) is 0.0356. The van der Waals surface area contributed by atoms with Gasteiger partial charge in [-0.1, -0.05) is 6.07 Å². The number of carbonyl (C=O) groups is 1. The highest BCUT2D eigenvalue weighted by Crippen LogP contribution is 2.32. The number of methoxy groups -OCH3 is 1. The van der Waals surface area contributed by atoms with Gasteiger partial charge in [0.1, 0.15) is 17.0 Å². The van der Waals surface area contributed by atoms with Gasteiger partial charge in [0.05, 0.1) is 17.7 Å². The molecule has 0 aliphatic rings. The normalized spacial score (nSPS) is 11.0. The molecule has 0 fully saturated rings. The third-order valence-electron chi connectivity index (χ3n) is 4.51. The molecule has 0 bridgehead atoms. The summed E-state index contributed by atoms with van der Waals surface area (Å²) >= 11 is 3.48. The minimum atomic E-state index is -0.226. The lowest BCUT2D eigenvalue weighted by molar-refractivity contribution is 0.102. The van der Waals surface area contributed by atoms with Crippen LogP contribution < -0.4 is 14.8 Å². The largest absolute Gasteiger partial charge is 0.496 e. The number of oxazole rings is 1. The number of nitrogens with one attached hydrogen (secondary N) is 1. The third kappa shape index (κ3) is 4.72. The van der Waals surface area contributed by atoms with E-state index in [1.54, 1.807) is 43.5 Å². The number of ether oxygens (including phenoxy) is 2. The number of benzene rings is 3. The number of hydrogen-bond acceptors (Lipinski definition) is 5. The van der Waals surface area contributed by atoms with E-state index in [0.29, 0.717) is 34.0 Å². The number of aromatic nitrogens is 1. The maximum Gasteiger partial charge on any atom is 0.255 e. The van der Waals surface area contributed by atoms with Gasteiger partial charge in [0.2, 0.25) is 5.89 Å². The van der Waals surface area contributed by atoms with Gasteiger partial charge in [-0.2, -0.15) is 0 Å². The molecule has 0 unspecified atom stereocenters. The predicted octanol–water partition coefficient (Wildman–Crippen LogP) is 6.31. The van der Waals surface area contributed by atoms with E-state index in [4.69, 9.17) is 13.9 Å². The summed E-state index contributed by atoms with van der Waals surface area (Å²) in [5, 5.41) is 2.90. The van der Waals surface area contributed by atoms with Crippen LogP contribution in [-0.4, -0.2) is 24.1 Å². The average Bonchev–Trinajstić information content (AvgIpc) is 3.17. The standard InChI is InChI=1S/C24H21BrN2O4/c1-14(2)30-18-6-4-5-15(11-18)23(28)26-17-8-10-22-20(13-17)27-24(31-22)16-7-9-21(29-3)19(25)12-16/h4-14H,1-3H3,(H,26,28). The smallest absolute Gasteiger partial charge is 0.255 e. The first-order valence-corrected chi connectivity index (χ1v) is 10.5. The quantitative estimate of drug-likeness (QED) is 0.350. The summed E-state index contributed by atoms with van der Waals surface area (Å²) in [4.78, 5) is 17.3. The Morgan fingerprint density at radius 2 is 1.94 bits per heavy atom. The zero-order chi connectivity index (χ0) is 22.0. The van der Waals surface area contributed by atoms with E-state index < -0.39 is 0 Å². The summed E-state index contributed by atoms with van der Waals surface area (Å²) in [7, 11) is 1.61. The van der Waals surface area contributed by atoms with Crippen LogP contribution in [0.15, 0.2) is 69.6 Å². The van der Waals surface area contributed by atoms with E-state index in [1.165, 1.54) is 0 Å². The molecule has 7 heteroatoms. The van der Waals surface area contributed by atoms with Gasteiger partial charge in [0, 0.05) is 16.8 Å².